The van der Waals surface area contributed by atoms with E-state index < -0.39 is 0 Å². The second-order valence-electron chi connectivity index (χ2n) is 11.1. The summed E-state index contributed by atoms with van der Waals surface area (Å²) in [5, 5.41) is 0. The van der Waals surface area contributed by atoms with Gasteiger partial charge in [0.05, 0.1) is 0 Å². The predicted octanol–water partition coefficient (Wildman–Crippen LogP) is 10.8. The SMILES string of the molecule is CCCCCCCCCCCCCCCCCN1C=CN(CCCCCCCCCC)C1CC. The molecule has 0 saturated carbocycles. The lowest BCUT2D eigenvalue weighted by molar-refractivity contribution is 0.144. The fourth-order valence-corrected chi connectivity index (χ4v) is 5.57. The van der Waals surface area contributed by atoms with E-state index in [1.165, 1.54) is 167 Å². The van der Waals surface area contributed by atoms with E-state index in [9.17, 15) is 0 Å². The van der Waals surface area contributed by atoms with Crippen molar-refractivity contribution in [3.63, 3.8) is 0 Å². The van der Waals surface area contributed by atoms with E-state index in [-0.39, 0.29) is 0 Å². The Kier molecular flexibility index (Phi) is 22.2. The Bertz CT molecular complexity index is 433. The first-order chi connectivity index (χ1) is 16.8. The maximum atomic E-state index is 2.62. The molecule has 0 aliphatic carbocycles. The highest BCUT2D eigenvalue weighted by Crippen LogP contribution is 2.21. The van der Waals surface area contributed by atoms with Gasteiger partial charge >= 0.3 is 0 Å². The van der Waals surface area contributed by atoms with Crippen molar-refractivity contribution in [1.82, 2.24) is 9.80 Å². The maximum absolute atomic E-state index is 2.62. The van der Waals surface area contributed by atoms with Crippen LogP contribution in [0.2, 0.25) is 0 Å². The van der Waals surface area contributed by atoms with Crippen LogP contribution >= 0.6 is 0 Å². The second kappa shape index (κ2) is 24.1. The number of hydrogen-bond donors (Lipinski definition) is 0. The molecule has 0 aromatic heterocycles. The van der Waals surface area contributed by atoms with Crippen LogP contribution < -0.4 is 0 Å². The van der Waals surface area contributed by atoms with Gasteiger partial charge in [-0.3, -0.25) is 0 Å². The Hall–Kier alpha value is -0.660. The van der Waals surface area contributed by atoms with Crippen molar-refractivity contribution in [3.05, 3.63) is 12.4 Å². The van der Waals surface area contributed by atoms with Gasteiger partial charge in [0.1, 0.15) is 6.17 Å². The molecule has 1 aliphatic rings. The molecular weight excluding hydrogens is 412 g/mol. The van der Waals surface area contributed by atoms with Crippen LogP contribution in [0.3, 0.4) is 0 Å². The van der Waals surface area contributed by atoms with E-state index in [0.717, 1.165) is 0 Å². The van der Waals surface area contributed by atoms with Gasteiger partial charge in [-0.1, -0.05) is 156 Å². The van der Waals surface area contributed by atoms with Crippen molar-refractivity contribution in [1.29, 1.82) is 0 Å². The highest BCUT2D eigenvalue weighted by atomic mass is 15.4. The Balaban J connectivity index is 1.91. The number of unbranched alkanes of at least 4 members (excludes halogenated alkanes) is 21. The summed E-state index contributed by atoms with van der Waals surface area (Å²) < 4.78 is 0. The first-order valence-corrected chi connectivity index (χ1v) is 16.0. The average Bonchev–Trinajstić information content (AvgIpc) is 3.24. The summed E-state index contributed by atoms with van der Waals surface area (Å²) in [6.45, 7) is 9.47. The lowest BCUT2D eigenvalue weighted by atomic mass is 10.0. The van der Waals surface area contributed by atoms with Crippen molar-refractivity contribution in [3.8, 4) is 0 Å². The lowest BCUT2D eigenvalue weighted by Crippen LogP contribution is -2.38. The van der Waals surface area contributed by atoms with E-state index in [4.69, 9.17) is 0 Å². The molecule has 0 bridgehead atoms. The molecule has 202 valence electrons. The minimum absolute atomic E-state index is 0.621. The molecule has 0 N–H and O–H groups in total. The Morgan fingerprint density at radius 3 is 0.912 bits per heavy atom. The molecule has 1 atom stereocenters. The Labute approximate surface area is 216 Å². The Morgan fingerprint density at radius 2 is 0.647 bits per heavy atom. The molecule has 0 aromatic rings. The number of rotatable bonds is 26. The van der Waals surface area contributed by atoms with Gasteiger partial charge in [-0.05, 0) is 19.3 Å². The first kappa shape index (κ1) is 31.4. The molecule has 2 heteroatoms. The van der Waals surface area contributed by atoms with Gasteiger partial charge < -0.3 is 9.80 Å². The summed E-state index contributed by atoms with van der Waals surface area (Å²) in [5.41, 5.74) is 0. The van der Waals surface area contributed by atoms with Crippen LogP contribution in [0.25, 0.3) is 0 Å². The molecule has 0 radical (unpaired) electrons. The van der Waals surface area contributed by atoms with Gasteiger partial charge in [0.25, 0.3) is 0 Å². The lowest BCUT2D eigenvalue weighted by Gasteiger charge is -2.32. The third-order valence-corrected chi connectivity index (χ3v) is 7.87. The van der Waals surface area contributed by atoms with Crippen molar-refractivity contribution in [2.75, 3.05) is 13.1 Å². The molecule has 34 heavy (non-hydrogen) atoms. The van der Waals surface area contributed by atoms with Gasteiger partial charge in [-0.2, -0.15) is 0 Å². The zero-order chi connectivity index (χ0) is 24.5. The van der Waals surface area contributed by atoms with Gasteiger partial charge in [0.2, 0.25) is 0 Å². The van der Waals surface area contributed by atoms with Crippen LogP contribution in [0.4, 0.5) is 0 Å². The Morgan fingerprint density at radius 1 is 0.382 bits per heavy atom. The maximum Gasteiger partial charge on any atom is 0.100 e. The van der Waals surface area contributed by atoms with Crippen LogP contribution in [0.1, 0.15) is 175 Å². The van der Waals surface area contributed by atoms with Gasteiger partial charge in [0.15, 0.2) is 0 Å². The minimum Gasteiger partial charge on any atom is -0.356 e. The third-order valence-electron chi connectivity index (χ3n) is 7.87. The molecule has 1 heterocycles. The normalized spacial score (nSPS) is 15.7. The van der Waals surface area contributed by atoms with Crippen molar-refractivity contribution < 1.29 is 0 Å². The number of hydrogen-bond acceptors (Lipinski definition) is 2. The summed E-state index contributed by atoms with van der Waals surface area (Å²) in [5.74, 6) is 0. The van der Waals surface area contributed by atoms with Crippen LogP contribution in [0.5, 0.6) is 0 Å². The highest BCUT2D eigenvalue weighted by molar-refractivity contribution is 4.96. The zero-order valence-electron chi connectivity index (χ0n) is 24.0. The zero-order valence-corrected chi connectivity index (χ0v) is 24.0. The molecular formula is C32H64N2. The molecule has 0 aromatic carbocycles. The molecule has 0 saturated heterocycles. The summed E-state index contributed by atoms with van der Waals surface area (Å²) in [7, 11) is 0. The van der Waals surface area contributed by atoms with E-state index in [1.54, 1.807) is 0 Å². The molecule has 0 spiro atoms. The molecule has 1 aliphatic heterocycles. The van der Waals surface area contributed by atoms with Crippen molar-refractivity contribution >= 4 is 0 Å². The summed E-state index contributed by atoms with van der Waals surface area (Å²) >= 11 is 0. The van der Waals surface area contributed by atoms with Gasteiger partial charge in [-0.15, -0.1) is 0 Å². The molecule has 0 fully saturated rings. The quantitative estimate of drug-likeness (QED) is 0.114. The van der Waals surface area contributed by atoms with Crippen molar-refractivity contribution in [2.24, 2.45) is 0 Å². The van der Waals surface area contributed by atoms with E-state index in [1.807, 2.05) is 0 Å². The summed E-state index contributed by atoms with van der Waals surface area (Å²) in [4.78, 5) is 5.23. The average molecular weight is 477 g/mol. The van der Waals surface area contributed by atoms with Crippen LogP contribution in [-0.2, 0) is 0 Å². The standard InChI is InChI=1S/C32H64N2/c1-4-7-9-11-13-15-16-17-18-19-20-21-23-25-27-29-34-31-30-33(32(34)6-3)28-26-24-22-14-12-10-8-5-2/h30-32H,4-29H2,1-3H3. The first-order valence-electron chi connectivity index (χ1n) is 16.0. The molecule has 0 amide bonds. The van der Waals surface area contributed by atoms with Crippen LogP contribution in [0, 0.1) is 0 Å². The van der Waals surface area contributed by atoms with Crippen LogP contribution in [-0.4, -0.2) is 29.1 Å². The predicted molar refractivity (Wildman–Crippen MR) is 154 cm³/mol. The van der Waals surface area contributed by atoms with E-state index in [0.29, 0.717) is 6.17 Å². The van der Waals surface area contributed by atoms with Gasteiger partial charge in [0, 0.05) is 25.5 Å². The molecule has 1 unspecified atom stereocenters. The van der Waals surface area contributed by atoms with Crippen molar-refractivity contribution in [2.45, 2.75) is 181 Å². The van der Waals surface area contributed by atoms with Crippen LogP contribution in [0.15, 0.2) is 12.4 Å². The largest absolute Gasteiger partial charge is 0.356 e. The topological polar surface area (TPSA) is 6.48 Å². The smallest absolute Gasteiger partial charge is 0.100 e. The highest BCUT2D eigenvalue weighted by Gasteiger charge is 2.23. The van der Waals surface area contributed by atoms with Gasteiger partial charge in [-0.25, -0.2) is 0 Å². The molecule has 1 rings (SSSR count). The summed E-state index contributed by atoms with van der Waals surface area (Å²) in [6, 6.07) is 0. The fourth-order valence-electron chi connectivity index (χ4n) is 5.57. The van der Waals surface area contributed by atoms with E-state index in [2.05, 4.69) is 43.0 Å². The fraction of sp³-hybridized carbons (Fsp3) is 0.938. The molecule has 2 nitrogen and oxygen atoms in total. The number of nitrogens with zero attached hydrogens (tertiary/aromatic N) is 2. The van der Waals surface area contributed by atoms with E-state index >= 15 is 0 Å². The monoisotopic (exact) mass is 477 g/mol. The third kappa shape index (κ3) is 16.9. The minimum atomic E-state index is 0.621. The second-order valence-corrected chi connectivity index (χ2v) is 11.1. The summed E-state index contributed by atoms with van der Waals surface area (Å²) in [6.07, 6.45) is 39.6.